The lowest BCUT2D eigenvalue weighted by molar-refractivity contribution is 0.0937. The molecule has 1 saturated carbocycles. The Morgan fingerprint density at radius 3 is 2.47 bits per heavy atom. The number of halogens is 2. The first-order valence-corrected chi connectivity index (χ1v) is 9.00. The third-order valence-electron chi connectivity index (χ3n) is 3.90. The van der Waals surface area contributed by atoms with Crippen molar-refractivity contribution < 1.29 is 4.79 Å². The normalized spacial score (nSPS) is 23.1. The number of hydrogen-bond acceptors (Lipinski definition) is 1. The highest BCUT2D eigenvalue weighted by Gasteiger charge is 2.24. The number of hydrogen-bond donors (Lipinski definition) is 1. The Kier molecular flexibility index (Phi) is 6.13. The molecule has 0 aromatic heterocycles. The molecule has 2 atom stereocenters. The Labute approximate surface area is 137 Å². The van der Waals surface area contributed by atoms with E-state index in [9.17, 15) is 4.79 Å². The maximum atomic E-state index is 12.1. The first-order valence-electron chi connectivity index (χ1n) is 6.80. The molecular weight excluding hydrogens is 417 g/mol. The van der Waals surface area contributed by atoms with Gasteiger partial charge in [-0.3, -0.25) is 4.79 Å². The third-order valence-corrected chi connectivity index (χ3v) is 5.45. The van der Waals surface area contributed by atoms with Crippen molar-refractivity contribution >= 4 is 44.4 Å². The summed E-state index contributed by atoms with van der Waals surface area (Å²) >= 11 is 5.84. The summed E-state index contributed by atoms with van der Waals surface area (Å²) in [6.07, 6.45) is 5.16. The maximum Gasteiger partial charge on any atom is 0.251 e. The van der Waals surface area contributed by atoms with E-state index in [1.54, 1.807) is 0 Å². The van der Waals surface area contributed by atoms with Gasteiger partial charge >= 0.3 is 0 Å². The maximum absolute atomic E-state index is 12.1. The standard InChI is InChI=1S/C15H19BrINO/c16-9-12-3-1-2-4-13(12)10-18-15(19)11-5-7-14(17)8-6-11/h5-8,12-13H,1-4,9-10H2,(H,18,19). The van der Waals surface area contributed by atoms with E-state index in [2.05, 4.69) is 43.8 Å². The zero-order valence-corrected chi connectivity index (χ0v) is 14.6. The van der Waals surface area contributed by atoms with Gasteiger partial charge in [0.15, 0.2) is 0 Å². The topological polar surface area (TPSA) is 29.1 Å². The lowest BCUT2D eigenvalue weighted by atomic mass is 9.80. The molecule has 1 N–H and O–H groups in total. The van der Waals surface area contributed by atoms with E-state index in [0.717, 1.165) is 21.0 Å². The average Bonchev–Trinajstić information content (AvgIpc) is 2.45. The molecule has 0 radical (unpaired) electrons. The first kappa shape index (κ1) is 15.3. The number of carbonyl (C=O) groups is 1. The lowest BCUT2D eigenvalue weighted by Gasteiger charge is -2.30. The van der Waals surface area contributed by atoms with Gasteiger partial charge in [-0.05, 0) is 71.5 Å². The van der Waals surface area contributed by atoms with E-state index >= 15 is 0 Å². The predicted octanol–water partition coefficient (Wildman–Crippen LogP) is 4.22. The molecule has 1 aliphatic rings. The van der Waals surface area contributed by atoms with E-state index in [1.165, 1.54) is 25.7 Å². The second kappa shape index (κ2) is 7.62. The monoisotopic (exact) mass is 435 g/mol. The van der Waals surface area contributed by atoms with E-state index in [-0.39, 0.29) is 5.91 Å². The molecule has 19 heavy (non-hydrogen) atoms. The SMILES string of the molecule is O=C(NCC1CCCCC1CBr)c1ccc(I)cc1. The van der Waals surface area contributed by atoms with E-state index in [1.807, 2.05) is 24.3 Å². The van der Waals surface area contributed by atoms with Crippen LogP contribution in [0.4, 0.5) is 0 Å². The summed E-state index contributed by atoms with van der Waals surface area (Å²) in [4.78, 5) is 12.1. The van der Waals surface area contributed by atoms with Crippen LogP contribution in [0.25, 0.3) is 0 Å². The first-order chi connectivity index (χ1) is 9.20. The predicted molar refractivity (Wildman–Crippen MR) is 90.7 cm³/mol. The van der Waals surface area contributed by atoms with Gasteiger partial charge in [0, 0.05) is 21.0 Å². The fraction of sp³-hybridized carbons (Fsp3) is 0.533. The van der Waals surface area contributed by atoms with Crippen LogP contribution >= 0.6 is 38.5 Å². The minimum atomic E-state index is 0.0512. The summed E-state index contributed by atoms with van der Waals surface area (Å²) in [6, 6.07) is 7.72. The fourth-order valence-electron chi connectivity index (χ4n) is 2.68. The summed E-state index contributed by atoms with van der Waals surface area (Å²) in [7, 11) is 0. The molecule has 0 aliphatic heterocycles. The van der Waals surface area contributed by atoms with Crippen LogP contribution in [0, 0.1) is 15.4 Å². The van der Waals surface area contributed by atoms with Crippen molar-refractivity contribution in [2.24, 2.45) is 11.8 Å². The van der Waals surface area contributed by atoms with Crippen LogP contribution in [0.15, 0.2) is 24.3 Å². The Balaban J connectivity index is 1.87. The van der Waals surface area contributed by atoms with Gasteiger partial charge in [-0.25, -0.2) is 0 Å². The quantitative estimate of drug-likeness (QED) is 0.556. The van der Waals surface area contributed by atoms with Gasteiger partial charge in [0.05, 0.1) is 0 Å². The number of carbonyl (C=O) groups excluding carboxylic acids is 1. The average molecular weight is 436 g/mol. The number of amides is 1. The molecule has 2 rings (SSSR count). The van der Waals surface area contributed by atoms with Crippen molar-refractivity contribution in [3.05, 3.63) is 33.4 Å². The smallest absolute Gasteiger partial charge is 0.251 e. The van der Waals surface area contributed by atoms with Gasteiger partial charge in [-0.1, -0.05) is 28.8 Å². The molecule has 2 nitrogen and oxygen atoms in total. The van der Waals surface area contributed by atoms with Crippen LogP contribution in [0.5, 0.6) is 0 Å². The largest absolute Gasteiger partial charge is 0.352 e. The van der Waals surface area contributed by atoms with E-state index in [0.29, 0.717) is 11.8 Å². The van der Waals surface area contributed by atoms with E-state index < -0.39 is 0 Å². The number of benzene rings is 1. The molecule has 0 bridgehead atoms. The number of nitrogens with one attached hydrogen (secondary N) is 1. The summed E-state index contributed by atoms with van der Waals surface area (Å²) in [5.74, 6) is 1.39. The zero-order chi connectivity index (χ0) is 13.7. The molecule has 1 aromatic rings. The highest BCUT2D eigenvalue weighted by atomic mass is 127. The molecule has 1 aromatic carbocycles. The van der Waals surface area contributed by atoms with Gasteiger partial charge in [-0.2, -0.15) is 0 Å². The molecule has 104 valence electrons. The zero-order valence-electron chi connectivity index (χ0n) is 10.9. The van der Waals surface area contributed by atoms with Crippen molar-refractivity contribution in [3.63, 3.8) is 0 Å². The molecule has 2 unspecified atom stereocenters. The second-order valence-corrected chi connectivity index (χ2v) is 7.07. The summed E-state index contributed by atoms with van der Waals surface area (Å²) < 4.78 is 1.15. The Hall–Kier alpha value is -0.100. The molecule has 0 saturated heterocycles. The minimum absolute atomic E-state index is 0.0512. The summed E-state index contributed by atoms with van der Waals surface area (Å²) in [5, 5.41) is 4.14. The molecule has 1 fully saturated rings. The Morgan fingerprint density at radius 2 is 1.84 bits per heavy atom. The van der Waals surface area contributed by atoms with Crippen LogP contribution in [-0.4, -0.2) is 17.8 Å². The second-order valence-electron chi connectivity index (χ2n) is 5.18. The molecule has 4 heteroatoms. The number of alkyl halides is 1. The van der Waals surface area contributed by atoms with Crippen LogP contribution in [0.2, 0.25) is 0 Å². The van der Waals surface area contributed by atoms with Crippen LogP contribution < -0.4 is 5.32 Å². The fourth-order valence-corrected chi connectivity index (χ4v) is 3.90. The Bertz CT molecular complexity index is 421. The van der Waals surface area contributed by atoms with Gasteiger partial charge in [-0.15, -0.1) is 0 Å². The summed E-state index contributed by atoms with van der Waals surface area (Å²) in [6.45, 7) is 0.807. The molecule has 1 aliphatic carbocycles. The number of rotatable bonds is 4. The lowest BCUT2D eigenvalue weighted by Crippen LogP contribution is -2.34. The van der Waals surface area contributed by atoms with Crippen molar-refractivity contribution in [2.45, 2.75) is 25.7 Å². The van der Waals surface area contributed by atoms with Gasteiger partial charge in [0.2, 0.25) is 0 Å². The van der Waals surface area contributed by atoms with Crippen molar-refractivity contribution in [1.29, 1.82) is 0 Å². The molecule has 0 heterocycles. The van der Waals surface area contributed by atoms with E-state index in [4.69, 9.17) is 0 Å². The summed E-state index contributed by atoms with van der Waals surface area (Å²) in [5.41, 5.74) is 0.756. The van der Waals surface area contributed by atoms with Crippen molar-refractivity contribution in [1.82, 2.24) is 5.32 Å². The Morgan fingerprint density at radius 1 is 1.21 bits per heavy atom. The highest BCUT2D eigenvalue weighted by molar-refractivity contribution is 14.1. The molecule has 0 spiro atoms. The third kappa shape index (κ3) is 4.45. The highest BCUT2D eigenvalue weighted by Crippen LogP contribution is 2.30. The van der Waals surface area contributed by atoms with Gasteiger partial charge in [0.25, 0.3) is 5.91 Å². The van der Waals surface area contributed by atoms with Crippen LogP contribution in [0.3, 0.4) is 0 Å². The molecule has 1 amide bonds. The van der Waals surface area contributed by atoms with Gasteiger partial charge < -0.3 is 5.32 Å². The van der Waals surface area contributed by atoms with Crippen LogP contribution in [0.1, 0.15) is 36.0 Å². The molecular formula is C15H19BrINO. The van der Waals surface area contributed by atoms with Gasteiger partial charge in [0.1, 0.15) is 0 Å². The minimum Gasteiger partial charge on any atom is -0.352 e. The van der Waals surface area contributed by atoms with Crippen LogP contribution in [-0.2, 0) is 0 Å². The van der Waals surface area contributed by atoms with Crippen molar-refractivity contribution in [3.8, 4) is 0 Å². The van der Waals surface area contributed by atoms with Crippen molar-refractivity contribution in [2.75, 3.05) is 11.9 Å².